The molecule has 0 spiro atoms. The van der Waals surface area contributed by atoms with Gasteiger partial charge in [-0.05, 0) is 12.2 Å². The third kappa shape index (κ3) is 2.41. The molecule has 1 saturated heterocycles. The fourth-order valence-electron chi connectivity index (χ4n) is 1.94. The number of hydrogen-bond donors (Lipinski definition) is 2. The highest BCUT2D eigenvalue weighted by molar-refractivity contribution is 7.80. The number of nitrogens with one attached hydrogen (secondary N) is 2. The molecule has 1 atom stereocenters. The van der Waals surface area contributed by atoms with Gasteiger partial charge in [-0.2, -0.15) is 0 Å². The van der Waals surface area contributed by atoms with Crippen molar-refractivity contribution in [2.75, 3.05) is 21.3 Å². The van der Waals surface area contributed by atoms with Gasteiger partial charge in [-0.25, -0.2) is 0 Å². The molecule has 2 rings (SSSR count). The van der Waals surface area contributed by atoms with Crippen LogP contribution in [0.3, 0.4) is 0 Å². The fraction of sp³-hybridized carbons (Fsp3) is 0.333. The summed E-state index contributed by atoms with van der Waals surface area (Å²) >= 11 is 4.93. The maximum atomic E-state index is 11.9. The predicted octanol–water partition coefficient (Wildman–Crippen LogP) is 0.758. The number of hydrogen-bond acceptors (Lipinski definition) is 5. The molecular weight excluding hydrogens is 268 g/mol. The molecule has 2 N–H and O–H groups in total. The lowest BCUT2D eigenvalue weighted by Gasteiger charge is -2.18. The van der Waals surface area contributed by atoms with Crippen LogP contribution in [0.2, 0.25) is 0 Å². The van der Waals surface area contributed by atoms with Crippen molar-refractivity contribution in [3.05, 3.63) is 17.7 Å². The first kappa shape index (κ1) is 13.4. The summed E-state index contributed by atoms with van der Waals surface area (Å²) in [6.45, 7) is 0. The lowest BCUT2D eigenvalue weighted by Crippen LogP contribution is -2.22. The van der Waals surface area contributed by atoms with Gasteiger partial charge in [-0.3, -0.25) is 4.79 Å². The van der Waals surface area contributed by atoms with Gasteiger partial charge in [-0.1, -0.05) is 0 Å². The van der Waals surface area contributed by atoms with Gasteiger partial charge in [0.1, 0.15) is 23.3 Å². The van der Waals surface area contributed by atoms with Crippen LogP contribution >= 0.6 is 12.2 Å². The highest BCUT2D eigenvalue weighted by Crippen LogP contribution is 2.39. The molecule has 1 heterocycles. The van der Waals surface area contributed by atoms with Crippen molar-refractivity contribution in [2.24, 2.45) is 0 Å². The number of carbonyl (C=O) groups is 1. The summed E-state index contributed by atoms with van der Waals surface area (Å²) in [5.41, 5.74) is 0.586. The summed E-state index contributed by atoms with van der Waals surface area (Å²) in [5, 5.41) is 5.70. The minimum Gasteiger partial charge on any atom is -0.496 e. The summed E-state index contributed by atoms with van der Waals surface area (Å²) in [5.74, 6) is 1.33. The van der Waals surface area contributed by atoms with Crippen LogP contribution in [-0.2, 0) is 4.79 Å². The minimum absolute atomic E-state index is 0.244. The average Bonchev–Trinajstić information content (AvgIpc) is 2.75. The maximum Gasteiger partial charge on any atom is 0.253 e. The molecule has 0 aromatic heterocycles. The molecule has 1 aliphatic heterocycles. The van der Waals surface area contributed by atoms with Gasteiger partial charge in [0.15, 0.2) is 5.11 Å². The Morgan fingerprint density at radius 3 is 2.05 bits per heavy atom. The van der Waals surface area contributed by atoms with Crippen LogP contribution in [0.25, 0.3) is 0 Å². The molecule has 1 fully saturated rings. The number of rotatable bonds is 4. The van der Waals surface area contributed by atoms with Gasteiger partial charge >= 0.3 is 0 Å². The average molecular weight is 282 g/mol. The SMILES string of the molecule is COc1cc(OC)c(C2NC(=S)NC2=O)c(OC)c1. The second-order valence-electron chi connectivity index (χ2n) is 3.84. The van der Waals surface area contributed by atoms with Crippen LogP contribution in [0.5, 0.6) is 17.2 Å². The third-order valence-electron chi connectivity index (χ3n) is 2.82. The number of ether oxygens (including phenoxy) is 3. The lowest BCUT2D eigenvalue weighted by molar-refractivity contribution is -0.120. The minimum atomic E-state index is -0.636. The molecule has 102 valence electrons. The van der Waals surface area contributed by atoms with E-state index in [9.17, 15) is 4.79 Å². The number of benzene rings is 1. The Morgan fingerprint density at radius 1 is 1.11 bits per heavy atom. The largest absolute Gasteiger partial charge is 0.496 e. The van der Waals surface area contributed by atoms with E-state index in [1.807, 2.05) is 0 Å². The highest BCUT2D eigenvalue weighted by Gasteiger charge is 2.34. The zero-order valence-corrected chi connectivity index (χ0v) is 11.6. The van der Waals surface area contributed by atoms with E-state index in [1.54, 1.807) is 19.2 Å². The summed E-state index contributed by atoms with van der Waals surface area (Å²) in [7, 11) is 4.58. The van der Waals surface area contributed by atoms with Gasteiger partial charge < -0.3 is 24.8 Å². The summed E-state index contributed by atoms with van der Waals surface area (Å²) in [6.07, 6.45) is 0. The van der Waals surface area contributed by atoms with E-state index in [0.29, 0.717) is 22.8 Å². The zero-order valence-electron chi connectivity index (χ0n) is 10.8. The Balaban J connectivity index is 2.54. The molecule has 1 aromatic rings. The molecule has 1 unspecified atom stereocenters. The van der Waals surface area contributed by atoms with Crippen molar-refractivity contribution in [1.82, 2.24) is 10.6 Å². The number of methoxy groups -OCH3 is 3. The van der Waals surface area contributed by atoms with Crippen molar-refractivity contribution in [3.63, 3.8) is 0 Å². The second-order valence-corrected chi connectivity index (χ2v) is 4.25. The molecule has 1 aromatic carbocycles. The van der Waals surface area contributed by atoms with Gasteiger partial charge in [0.2, 0.25) is 0 Å². The smallest absolute Gasteiger partial charge is 0.253 e. The molecular formula is C12H14N2O4S. The number of thiocarbonyl (C=S) groups is 1. The molecule has 0 bridgehead atoms. The molecule has 1 aliphatic rings. The molecule has 1 amide bonds. The van der Waals surface area contributed by atoms with E-state index in [1.165, 1.54) is 14.2 Å². The first-order valence-corrected chi connectivity index (χ1v) is 5.92. The van der Waals surface area contributed by atoms with Crippen molar-refractivity contribution in [2.45, 2.75) is 6.04 Å². The van der Waals surface area contributed by atoms with Crippen LogP contribution in [0.15, 0.2) is 12.1 Å². The van der Waals surface area contributed by atoms with Gasteiger partial charge in [0.25, 0.3) is 5.91 Å². The quantitative estimate of drug-likeness (QED) is 0.795. The fourth-order valence-corrected chi connectivity index (χ4v) is 2.16. The topological polar surface area (TPSA) is 68.8 Å². The van der Waals surface area contributed by atoms with Crippen molar-refractivity contribution in [3.8, 4) is 17.2 Å². The summed E-state index contributed by atoms with van der Waals surface area (Å²) in [6, 6.07) is 2.74. The van der Waals surface area contributed by atoms with Crippen molar-refractivity contribution < 1.29 is 19.0 Å². The second kappa shape index (κ2) is 5.31. The predicted molar refractivity (Wildman–Crippen MR) is 72.7 cm³/mol. The summed E-state index contributed by atoms with van der Waals surface area (Å²) < 4.78 is 15.8. The normalized spacial score (nSPS) is 17.7. The summed E-state index contributed by atoms with van der Waals surface area (Å²) in [4.78, 5) is 11.9. The van der Waals surface area contributed by atoms with Gasteiger partial charge in [-0.15, -0.1) is 0 Å². The first-order chi connectivity index (χ1) is 9.10. The molecule has 0 radical (unpaired) electrons. The van der Waals surface area contributed by atoms with E-state index in [2.05, 4.69) is 10.6 Å². The van der Waals surface area contributed by atoms with Crippen molar-refractivity contribution >= 4 is 23.2 Å². The van der Waals surface area contributed by atoms with Crippen LogP contribution in [0, 0.1) is 0 Å². The van der Waals surface area contributed by atoms with E-state index in [-0.39, 0.29) is 11.0 Å². The molecule has 6 nitrogen and oxygen atoms in total. The Kier molecular flexibility index (Phi) is 3.75. The van der Waals surface area contributed by atoms with Gasteiger partial charge in [0, 0.05) is 12.1 Å². The molecule has 0 aliphatic carbocycles. The Morgan fingerprint density at radius 2 is 1.68 bits per heavy atom. The Hall–Kier alpha value is -2.02. The Labute approximate surface area is 116 Å². The first-order valence-electron chi connectivity index (χ1n) is 5.52. The monoisotopic (exact) mass is 282 g/mol. The maximum absolute atomic E-state index is 11.9. The van der Waals surface area contributed by atoms with E-state index in [4.69, 9.17) is 26.4 Å². The van der Waals surface area contributed by atoms with E-state index < -0.39 is 6.04 Å². The van der Waals surface area contributed by atoms with Gasteiger partial charge in [0.05, 0.1) is 26.9 Å². The highest BCUT2D eigenvalue weighted by atomic mass is 32.1. The van der Waals surface area contributed by atoms with Crippen molar-refractivity contribution in [1.29, 1.82) is 0 Å². The van der Waals surface area contributed by atoms with Crippen LogP contribution in [0.4, 0.5) is 0 Å². The Bertz CT molecular complexity index is 507. The van der Waals surface area contributed by atoms with Crippen LogP contribution < -0.4 is 24.8 Å². The number of amides is 1. The number of carbonyl (C=O) groups excluding carboxylic acids is 1. The van der Waals surface area contributed by atoms with E-state index >= 15 is 0 Å². The lowest BCUT2D eigenvalue weighted by atomic mass is 10.0. The molecule has 0 saturated carbocycles. The zero-order chi connectivity index (χ0) is 14.0. The van der Waals surface area contributed by atoms with Crippen LogP contribution in [-0.4, -0.2) is 32.3 Å². The molecule has 7 heteroatoms. The van der Waals surface area contributed by atoms with E-state index in [0.717, 1.165) is 0 Å². The standard InChI is InChI=1S/C12H14N2O4S/c1-16-6-4-7(17-2)9(8(5-6)18-3)10-11(15)14-12(19)13-10/h4-5,10H,1-3H3,(H2,13,14,15,19). The third-order valence-corrected chi connectivity index (χ3v) is 3.04. The molecule has 19 heavy (non-hydrogen) atoms. The van der Waals surface area contributed by atoms with Crippen LogP contribution in [0.1, 0.15) is 11.6 Å².